The van der Waals surface area contributed by atoms with E-state index in [1.807, 2.05) is 25.1 Å². The molecule has 3 aromatic carbocycles. The van der Waals surface area contributed by atoms with Crippen LogP contribution in [0, 0.1) is 0 Å². The second-order valence-electron chi connectivity index (χ2n) is 16.7. The zero-order valence-electron chi connectivity index (χ0n) is 37.7. The van der Waals surface area contributed by atoms with Gasteiger partial charge in [-0.25, -0.2) is 4.79 Å². The summed E-state index contributed by atoms with van der Waals surface area (Å²) in [6, 6.07) is 16.1. The Morgan fingerprint density at radius 2 is 1.26 bits per heavy atom. The average Bonchev–Trinajstić information content (AvgIpc) is 3.68. The van der Waals surface area contributed by atoms with Crippen LogP contribution in [0.2, 0.25) is 0 Å². The van der Waals surface area contributed by atoms with Gasteiger partial charge in [-0.2, -0.15) is 0 Å². The summed E-state index contributed by atoms with van der Waals surface area (Å²) in [5, 5.41) is 25.8. The predicted octanol–water partition coefficient (Wildman–Crippen LogP) is 2.30. The molecule has 5 atom stereocenters. The van der Waals surface area contributed by atoms with Gasteiger partial charge in [0.05, 0.1) is 20.1 Å². The van der Waals surface area contributed by atoms with Crippen LogP contribution in [0.1, 0.15) is 70.1 Å². The molecule has 7 amide bonds. The number of carboxylic acid groups (broad SMARTS) is 1. The second-order valence-corrected chi connectivity index (χ2v) is 16.7. The van der Waals surface area contributed by atoms with Gasteiger partial charge in [0.15, 0.2) is 0 Å². The number of carboxylic acids is 1. The van der Waals surface area contributed by atoms with Crippen LogP contribution >= 0.6 is 0 Å². The fourth-order valence-corrected chi connectivity index (χ4v) is 6.87. The van der Waals surface area contributed by atoms with Crippen LogP contribution < -0.4 is 42.4 Å². The molecule has 19 heteroatoms. The number of methoxy groups -OCH3 is 1. The van der Waals surface area contributed by atoms with Gasteiger partial charge in [0.25, 0.3) is 0 Å². The van der Waals surface area contributed by atoms with E-state index in [1.54, 1.807) is 87.6 Å². The molecule has 1 aromatic heterocycles. The summed E-state index contributed by atoms with van der Waals surface area (Å²) in [6.45, 7) is 6.24. The number of nitrogens with one attached hydrogen (secondary N) is 7. The number of alkyl carbamates (subject to hydrolysis) is 1. The number of H-pyrrole nitrogens is 1. The number of fused-ring (bicyclic) bond motifs is 1. The maximum atomic E-state index is 14.2. The smallest absolute Gasteiger partial charge is 0.408 e. The van der Waals surface area contributed by atoms with Crippen LogP contribution in [-0.2, 0) is 57.6 Å². The zero-order valence-corrected chi connectivity index (χ0v) is 37.7. The van der Waals surface area contributed by atoms with Gasteiger partial charge in [0.2, 0.25) is 35.4 Å². The van der Waals surface area contributed by atoms with Gasteiger partial charge in [-0.15, -0.1) is 0 Å². The van der Waals surface area contributed by atoms with Crippen molar-refractivity contribution in [3.05, 3.63) is 102 Å². The lowest BCUT2D eigenvalue weighted by Crippen LogP contribution is -2.59. The summed E-state index contributed by atoms with van der Waals surface area (Å²) in [5.74, 6) is -5.89. The standard InChI is InChI=1S/C47H60N8O11/c1-6-7-16-34(43(61)54-38(25-40(57)58)45(63)53-35(41(48)59)22-28-13-9-8-10-14-28)52-44(62)37(24-30-26-49-33-17-12-11-15-32(30)33)51-39(56)27-50-42(60)36(55-46(64)66-47(2,3)4)23-29-18-20-31(65-5)21-19-29/h8-15,17-21,26,34-38,49H,6-7,16,22-25,27H2,1-5H3,(H2,48,59)(H,50,60)(H,51,56)(H,52,62)(H,53,63)(H,54,61)(H,55,64)(H,57,58)/t34-,35-,36-,37-,38-/m0/s1. The Labute approximate surface area is 382 Å². The Bertz CT molecular complexity index is 2310. The van der Waals surface area contributed by atoms with Gasteiger partial charge < -0.3 is 57.2 Å². The van der Waals surface area contributed by atoms with E-state index >= 15 is 0 Å². The van der Waals surface area contributed by atoms with E-state index in [0.29, 0.717) is 35.3 Å². The molecule has 4 rings (SSSR count). The van der Waals surface area contributed by atoms with Crippen LogP contribution in [0.25, 0.3) is 10.9 Å². The molecule has 10 N–H and O–H groups in total. The third-order valence-corrected chi connectivity index (χ3v) is 10.2. The van der Waals surface area contributed by atoms with Gasteiger partial charge in [-0.05, 0) is 62.1 Å². The Balaban J connectivity index is 1.53. The van der Waals surface area contributed by atoms with E-state index in [-0.39, 0.29) is 25.7 Å². The first-order valence-electron chi connectivity index (χ1n) is 21.6. The number of carbonyl (C=O) groups excluding carboxylic acids is 7. The molecule has 0 bridgehead atoms. The number of hydrogen-bond acceptors (Lipinski definition) is 10. The minimum absolute atomic E-state index is 0.00526. The van der Waals surface area contributed by atoms with Crippen molar-refractivity contribution in [2.45, 2.75) is 108 Å². The molecule has 4 aromatic rings. The number of nitrogens with two attached hydrogens (primary N) is 1. The number of hydrogen-bond donors (Lipinski definition) is 9. The zero-order chi connectivity index (χ0) is 48.4. The Kier molecular flexibility index (Phi) is 19.1. The highest BCUT2D eigenvalue weighted by Crippen LogP contribution is 2.20. The number of unbranched alkanes of at least 4 members (excludes halogenated alkanes) is 1. The van der Waals surface area contributed by atoms with Gasteiger partial charge in [-0.1, -0.05) is 80.4 Å². The van der Waals surface area contributed by atoms with Crippen molar-refractivity contribution in [3.63, 3.8) is 0 Å². The molecule has 1 heterocycles. The van der Waals surface area contributed by atoms with Gasteiger partial charge in [0, 0.05) is 36.4 Å². The Morgan fingerprint density at radius 3 is 1.89 bits per heavy atom. The second kappa shape index (κ2) is 24.6. The Hall–Kier alpha value is -7.44. The molecule has 0 spiro atoms. The van der Waals surface area contributed by atoms with Crippen molar-refractivity contribution in [1.82, 2.24) is 36.9 Å². The highest BCUT2D eigenvalue weighted by atomic mass is 16.6. The van der Waals surface area contributed by atoms with Gasteiger partial charge in [0.1, 0.15) is 41.6 Å². The van der Waals surface area contributed by atoms with Crippen LogP contribution in [-0.4, -0.2) is 107 Å². The highest BCUT2D eigenvalue weighted by molar-refractivity contribution is 5.97. The van der Waals surface area contributed by atoms with Crippen molar-refractivity contribution in [3.8, 4) is 5.75 Å². The number of aromatic amines is 1. The summed E-state index contributed by atoms with van der Waals surface area (Å²) >= 11 is 0. The first-order valence-corrected chi connectivity index (χ1v) is 21.6. The van der Waals surface area contributed by atoms with Crippen LogP contribution in [0.3, 0.4) is 0 Å². The minimum atomic E-state index is -1.67. The SMILES string of the molecule is CCCC[C@H](NC(=O)[C@H](Cc1c[nH]c2ccccc12)NC(=O)CNC(=O)[C@H](Cc1ccc(OC)cc1)NC(=O)OC(C)(C)C)C(=O)N[C@@H](CC(=O)O)C(=O)N[C@@H](Cc1ccccc1)C(N)=O. The number of carbonyl (C=O) groups is 8. The monoisotopic (exact) mass is 912 g/mol. The van der Waals surface area contributed by atoms with E-state index in [0.717, 1.165) is 10.9 Å². The van der Waals surface area contributed by atoms with Crippen molar-refractivity contribution >= 4 is 58.4 Å². The highest BCUT2D eigenvalue weighted by Gasteiger charge is 2.33. The molecule has 0 fully saturated rings. The minimum Gasteiger partial charge on any atom is -0.497 e. The topological polar surface area (TPSA) is 289 Å². The van der Waals surface area contributed by atoms with Crippen molar-refractivity contribution in [1.29, 1.82) is 0 Å². The van der Waals surface area contributed by atoms with Crippen LogP contribution in [0.4, 0.5) is 4.79 Å². The summed E-state index contributed by atoms with van der Waals surface area (Å²) in [7, 11) is 1.51. The molecule has 0 aliphatic heterocycles. The fourth-order valence-electron chi connectivity index (χ4n) is 6.87. The van der Waals surface area contributed by atoms with Crippen molar-refractivity contribution in [2.24, 2.45) is 5.73 Å². The summed E-state index contributed by atoms with van der Waals surface area (Å²) in [4.78, 5) is 109. The molecular weight excluding hydrogens is 853 g/mol. The maximum Gasteiger partial charge on any atom is 0.408 e. The summed E-state index contributed by atoms with van der Waals surface area (Å²) in [5.41, 5.74) is 7.45. The Morgan fingerprint density at radius 1 is 0.682 bits per heavy atom. The number of ether oxygens (including phenoxy) is 2. The fraction of sp³-hybridized carbons (Fsp3) is 0.404. The van der Waals surface area contributed by atoms with E-state index < -0.39 is 96.3 Å². The summed E-state index contributed by atoms with van der Waals surface area (Å²) < 4.78 is 10.6. The number of primary amides is 1. The van der Waals surface area contributed by atoms with Crippen molar-refractivity contribution < 1.29 is 52.9 Å². The first kappa shape index (κ1) is 51.2. The number of benzene rings is 3. The largest absolute Gasteiger partial charge is 0.497 e. The van der Waals surface area contributed by atoms with Gasteiger partial charge in [-0.3, -0.25) is 33.6 Å². The normalized spacial score (nSPS) is 13.4. The predicted molar refractivity (Wildman–Crippen MR) is 244 cm³/mol. The lowest BCUT2D eigenvalue weighted by Gasteiger charge is -2.26. The number of aliphatic carboxylic acids is 1. The maximum absolute atomic E-state index is 14.2. The first-order chi connectivity index (χ1) is 31.3. The molecule has 0 saturated carbocycles. The van der Waals surface area contributed by atoms with Gasteiger partial charge >= 0.3 is 12.1 Å². The molecule has 0 aliphatic rings. The van der Waals surface area contributed by atoms with Crippen molar-refractivity contribution in [2.75, 3.05) is 13.7 Å². The third-order valence-electron chi connectivity index (χ3n) is 10.2. The van der Waals surface area contributed by atoms with E-state index in [4.69, 9.17) is 15.2 Å². The van der Waals surface area contributed by atoms with E-state index in [9.17, 15) is 43.5 Å². The molecule has 0 aliphatic carbocycles. The number of rotatable bonds is 24. The van der Waals surface area contributed by atoms with Crippen LogP contribution in [0.5, 0.6) is 5.75 Å². The lowest BCUT2D eigenvalue weighted by atomic mass is 10.0. The quantitative estimate of drug-likeness (QED) is 0.0492. The molecular formula is C47H60N8O11. The molecule has 19 nitrogen and oxygen atoms in total. The van der Waals surface area contributed by atoms with E-state index in [1.165, 1.54) is 7.11 Å². The van der Waals surface area contributed by atoms with Crippen LogP contribution in [0.15, 0.2) is 85.1 Å². The molecule has 66 heavy (non-hydrogen) atoms. The number of aromatic nitrogens is 1. The number of amides is 7. The molecule has 354 valence electrons. The molecule has 0 radical (unpaired) electrons. The average molecular weight is 913 g/mol. The lowest BCUT2D eigenvalue weighted by molar-refractivity contribution is -0.141. The molecule has 0 saturated heterocycles. The number of para-hydroxylation sites is 1. The molecule has 0 unspecified atom stereocenters. The van der Waals surface area contributed by atoms with E-state index in [2.05, 4.69) is 36.9 Å². The third kappa shape index (κ3) is 16.6. The summed E-state index contributed by atoms with van der Waals surface area (Å²) in [6.07, 6.45) is 1.01.